The van der Waals surface area contributed by atoms with Crippen LogP contribution in [0.5, 0.6) is 5.75 Å². The molecule has 3 rings (SSSR count). The third-order valence-electron chi connectivity index (χ3n) is 4.95. The Balaban J connectivity index is 1.52. The number of halogens is 1. The first-order valence-corrected chi connectivity index (χ1v) is 9.67. The number of nitrogens with one attached hydrogen (secondary N) is 1. The lowest BCUT2D eigenvalue weighted by Gasteiger charge is -2.32. The zero-order valence-corrected chi connectivity index (χ0v) is 16.7. The Kier molecular flexibility index (Phi) is 6.69. The average molecular weight is 399 g/mol. The van der Waals surface area contributed by atoms with Crippen molar-refractivity contribution in [1.29, 1.82) is 0 Å². The van der Waals surface area contributed by atoms with E-state index >= 15 is 0 Å². The number of rotatable bonds is 5. The first-order chi connectivity index (χ1) is 13.9. The fraction of sp³-hybridized carbons (Fsp3) is 0.364. The van der Waals surface area contributed by atoms with E-state index in [2.05, 4.69) is 5.32 Å². The Labute approximate surface area is 170 Å². The van der Waals surface area contributed by atoms with Crippen molar-refractivity contribution in [2.24, 2.45) is 5.92 Å². The Bertz CT molecular complexity index is 864. The molecule has 1 saturated heterocycles. The van der Waals surface area contributed by atoms with E-state index < -0.39 is 0 Å². The molecule has 2 aromatic carbocycles. The van der Waals surface area contributed by atoms with E-state index in [0.717, 1.165) is 5.56 Å². The minimum absolute atomic E-state index is 0.0198. The number of carbonyl (C=O) groups excluding carboxylic acids is 2. The summed E-state index contributed by atoms with van der Waals surface area (Å²) in [5.41, 5.74) is 1.35. The number of amides is 3. The van der Waals surface area contributed by atoms with Gasteiger partial charge in [0, 0.05) is 44.9 Å². The van der Waals surface area contributed by atoms with E-state index in [9.17, 15) is 14.0 Å². The van der Waals surface area contributed by atoms with E-state index in [1.807, 2.05) is 0 Å². The molecule has 154 valence electrons. The van der Waals surface area contributed by atoms with Crippen molar-refractivity contribution in [3.63, 3.8) is 0 Å². The van der Waals surface area contributed by atoms with E-state index in [1.54, 1.807) is 60.3 Å². The Hall–Kier alpha value is -3.09. The monoisotopic (exact) mass is 399 g/mol. The van der Waals surface area contributed by atoms with Crippen LogP contribution >= 0.6 is 0 Å². The van der Waals surface area contributed by atoms with E-state index in [-0.39, 0.29) is 30.3 Å². The minimum Gasteiger partial charge on any atom is -0.489 e. The molecule has 1 N–H and O–H groups in total. The fourth-order valence-electron chi connectivity index (χ4n) is 3.35. The van der Waals surface area contributed by atoms with Gasteiger partial charge in [0.05, 0.1) is 0 Å². The number of hydrogen-bond acceptors (Lipinski definition) is 3. The van der Waals surface area contributed by atoms with Crippen molar-refractivity contribution in [2.75, 3.05) is 32.5 Å². The lowest BCUT2D eigenvalue weighted by atomic mass is 9.96. The van der Waals surface area contributed by atoms with Crippen LogP contribution < -0.4 is 10.1 Å². The highest BCUT2D eigenvalue weighted by Crippen LogP contribution is 2.22. The smallest absolute Gasteiger partial charge is 0.321 e. The van der Waals surface area contributed by atoms with Crippen LogP contribution in [0.3, 0.4) is 0 Å². The Morgan fingerprint density at radius 2 is 1.86 bits per heavy atom. The van der Waals surface area contributed by atoms with Crippen LogP contribution in [0.1, 0.15) is 18.4 Å². The predicted octanol–water partition coefficient (Wildman–Crippen LogP) is 3.74. The molecule has 1 aliphatic heterocycles. The maximum absolute atomic E-state index is 13.3. The largest absolute Gasteiger partial charge is 0.489 e. The van der Waals surface area contributed by atoms with Gasteiger partial charge in [-0.15, -0.1) is 0 Å². The van der Waals surface area contributed by atoms with Gasteiger partial charge in [0.1, 0.15) is 18.2 Å². The second-order valence-corrected chi connectivity index (χ2v) is 7.37. The Morgan fingerprint density at radius 3 is 2.55 bits per heavy atom. The molecule has 0 unspecified atom stereocenters. The van der Waals surface area contributed by atoms with E-state index in [4.69, 9.17) is 4.74 Å². The summed E-state index contributed by atoms with van der Waals surface area (Å²) >= 11 is 0. The quantitative estimate of drug-likeness (QED) is 0.833. The van der Waals surface area contributed by atoms with Gasteiger partial charge in [0.25, 0.3) is 0 Å². The molecule has 3 amide bonds. The molecule has 1 fully saturated rings. The van der Waals surface area contributed by atoms with Crippen molar-refractivity contribution in [3.05, 3.63) is 59.9 Å². The number of urea groups is 1. The maximum Gasteiger partial charge on any atom is 0.321 e. The minimum atomic E-state index is -0.303. The van der Waals surface area contributed by atoms with Gasteiger partial charge < -0.3 is 19.9 Å². The summed E-state index contributed by atoms with van der Waals surface area (Å²) in [5, 5.41) is 2.88. The molecule has 0 saturated carbocycles. The second-order valence-electron chi connectivity index (χ2n) is 7.37. The zero-order chi connectivity index (χ0) is 20.8. The summed E-state index contributed by atoms with van der Waals surface area (Å²) in [6.45, 7) is 1.33. The molecule has 0 aromatic heterocycles. The average Bonchev–Trinajstić information content (AvgIpc) is 2.72. The number of benzene rings is 2. The summed E-state index contributed by atoms with van der Waals surface area (Å²) in [6.07, 6.45) is 1.34. The molecular formula is C22H26FN3O3. The van der Waals surface area contributed by atoms with Crippen molar-refractivity contribution in [2.45, 2.75) is 19.4 Å². The molecular weight excluding hydrogens is 373 g/mol. The van der Waals surface area contributed by atoms with Crippen LogP contribution in [0.2, 0.25) is 0 Å². The number of piperidine rings is 1. The number of carbonyl (C=O) groups is 2. The van der Waals surface area contributed by atoms with Gasteiger partial charge >= 0.3 is 6.03 Å². The standard InChI is InChI=1S/C22H26FN3O3/c1-25(2)21(27)17-9-11-26(12-10-17)22(28)24-19-7-4-8-20(14-19)29-15-16-5-3-6-18(23)13-16/h3-8,13-14,17H,9-12,15H2,1-2H3,(H,24,28). The number of nitrogens with zero attached hydrogens (tertiary/aromatic N) is 2. The SMILES string of the molecule is CN(C)C(=O)C1CCN(C(=O)Nc2cccc(OCc3cccc(F)c3)c2)CC1. The Morgan fingerprint density at radius 1 is 1.14 bits per heavy atom. The van der Waals surface area contributed by atoms with Crippen LogP contribution in [0, 0.1) is 11.7 Å². The van der Waals surface area contributed by atoms with Crippen LogP contribution in [0.4, 0.5) is 14.9 Å². The number of likely N-dealkylation sites (tertiary alicyclic amines) is 1. The first kappa shape index (κ1) is 20.6. The molecule has 0 spiro atoms. The maximum atomic E-state index is 13.3. The van der Waals surface area contributed by atoms with Crippen LogP contribution in [-0.4, -0.2) is 48.9 Å². The zero-order valence-electron chi connectivity index (χ0n) is 16.7. The molecule has 0 aliphatic carbocycles. The molecule has 0 bridgehead atoms. The molecule has 7 heteroatoms. The summed E-state index contributed by atoms with van der Waals surface area (Å²) in [5.74, 6) is 0.382. The van der Waals surface area contributed by atoms with Crippen molar-refractivity contribution < 1.29 is 18.7 Å². The highest BCUT2D eigenvalue weighted by Gasteiger charge is 2.28. The number of anilines is 1. The summed E-state index contributed by atoms with van der Waals surface area (Å²) < 4.78 is 19.0. The van der Waals surface area contributed by atoms with Gasteiger partial charge in [-0.25, -0.2) is 9.18 Å². The van der Waals surface area contributed by atoms with E-state index in [0.29, 0.717) is 37.4 Å². The topological polar surface area (TPSA) is 61.9 Å². The van der Waals surface area contributed by atoms with Crippen molar-refractivity contribution in [1.82, 2.24) is 9.80 Å². The first-order valence-electron chi connectivity index (χ1n) is 9.67. The van der Waals surface area contributed by atoms with Crippen LogP contribution in [0.15, 0.2) is 48.5 Å². The predicted molar refractivity (Wildman–Crippen MR) is 109 cm³/mol. The van der Waals surface area contributed by atoms with Gasteiger partial charge in [-0.3, -0.25) is 4.79 Å². The van der Waals surface area contributed by atoms with Gasteiger partial charge in [-0.05, 0) is 42.7 Å². The highest BCUT2D eigenvalue weighted by molar-refractivity contribution is 5.89. The van der Waals surface area contributed by atoms with Gasteiger partial charge in [-0.1, -0.05) is 18.2 Å². The summed E-state index contributed by atoms with van der Waals surface area (Å²) in [4.78, 5) is 27.9. The van der Waals surface area contributed by atoms with Crippen molar-refractivity contribution >= 4 is 17.6 Å². The van der Waals surface area contributed by atoms with Gasteiger partial charge in [0.15, 0.2) is 0 Å². The molecule has 0 radical (unpaired) electrons. The molecule has 29 heavy (non-hydrogen) atoms. The fourth-order valence-corrected chi connectivity index (χ4v) is 3.35. The van der Waals surface area contributed by atoms with E-state index in [1.165, 1.54) is 12.1 Å². The molecule has 0 atom stereocenters. The van der Waals surface area contributed by atoms with Gasteiger partial charge in [-0.2, -0.15) is 0 Å². The molecule has 6 nitrogen and oxygen atoms in total. The number of hydrogen-bond donors (Lipinski definition) is 1. The lowest BCUT2D eigenvalue weighted by molar-refractivity contribution is -0.134. The second kappa shape index (κ2) is 9.41. The lowest BCUT2D eigenvalue weighted by Crippen LogP contribution is -2.44. The van der Waals surface area contributed by atoms with Crippen LogP contribution in [0.25, 0.3) is 0 Å². The third kappa shape index (κ3) is 5.70. The molecule has 2 aromatic rings. The molecule has 1 heterocycles. The summed E-state index contributed by atoms with van der Waals surface area (Å²) in [7, 11) is 3.51. The van der Waals surface area contributed by atoms with Crippen LogP contribution in [-0.2, 0) is 11.4 Å². The van der Waals surface area contributed by atoms with Crippen molar-refractivity contribution in [3.8, 4) is 5.75 Å². The molecule has 1 aliphatic rings. The highest BCUT2D eigenvalue weighted by atomic mass is 19.1. The van der Waals surface area contributed by atoms with Gasteiger partial charge in [0.2, 0.25) is 5.91 Å². The third-order valence-corrected chi connectivity index (χ3v) is 4.95. The number of ether oxygens (including phenoxy) is 1. The summed E-state index contributed by atoms with van der Waals surface area (Å²) in [6, 6.07) is 13.2. The normalized spacial score (nSPS) is 14.4.